The molecule has 0 fully saturated rings. The Morgan fingerprint density at radius 3 is 2.53 bits per heavy atom. The van der Waals surface area contributed by atoms with Crippen molar-refractivity contribution in [2.45, 2.75) is 70.2 Å². The molecule has 1 aliphatic heterocycles. The Bertz CT molecular complexity index is 1150. The smallest absolute Gasteiger partial charge is 0.274 e. The Hall–Kier alpha value is -2.24. The fourth-order valence-electron chi connectivity index (χ4n) is 3.78. The molecule has 0 saturated heterocycles. The van der Waals surface area contributed by atoms with Crippen molar-refractivity contribution in [2.75, 3.05) is 31.1 Å². The van der Waals surface area contributed by atoms with Crippen molar-refractivity contribution in [3.63, 3.8) is 0 Å². The number of hydrogen-bond donors (Lipinski definition) is 4. The van der Waals surface area contributed by atoms with Crippen molar-refractivity contribution in [3.8, 4) is 11.4 Å². The van der Waals surface area contributed by atoms with Crippen LogP contribution < -0.4 is 16.4 Å². The van der Waals surface area contributed by atoms with Gasteiger partial charge >= 0.3 is 0 Å². The molecule has 1 amide bonds. The Kier molecular flexibility index (Phi) is 8.07. The van der Waals surface area contributed by atoms with E-state index in [1.165, 1.54) is 11.8 Å². The second-order valence-electron chi connectivity index (χ2n) is 11.6. The fraction of sp³-hybridized carbons (Fsp3) is 0.600. The van der Waals surface area contributed by atoms with Gasteiger partial charge in [-0.2, -0.15) is 5.10 Å². The monoisotopic (exact) mass is 535 g/mol. The summed E-state index contributed by atoms with van der Waals surface area (Å²) >= 11 is 1.50. The maximum Gasteiger partial charge on any atom is 0.274 e. The van der Waals surface area contributed by atoms with Gasteiger partial charge < -0.3 is 21.5 Å². The standard InChI is InChI=1S/C18H23N7O2S.C7H18S/c1-9-8-28-17(21-9)23-15(27)13-11-14(25(24-13)4-5-26)12-10(6-18(11,2)3)7-20-16(19)22-12;1-7(2,3)8(4,5)6/h7-8,17,21,26H,4-6H2,1-3H3,(H,23,27)(H2,19,20,22);1-6H3. The number of carbonyl (C=O) groups excluding carboxylic acids is 1. The summed E-state index contributed by atoms with van der Waals surface area (Å²) in [6.45, 7) is 13.2. The molecule has 0 saturated carbocycles. The number of aromatic nitrogens is 4. The van der Waals surface area contributed by atoms with E-state index in [0.717, 1.165) is 22.5 Å². The van der Waals surface area contributed by atoms with Gasteiger partial charge in [-0.05, 0) is 53.2 Å². The number of aliphatic hydroxyl groups excluding tert-OH is 1. The van der Waals surface area contributed by atoms with Gasteiger partial charge in [0.25, 0.3) is 5.91 Å². The molecule has 11 heteroatoms. The minimum Gasteiger partial charge on any atom is -0.394 e. The van der Waals surface area contributed by atoms with Crippen LogP contribution in [0.2, 0.25) is 0 Å². The van der Waals surface area contributed by atoms with Crippen molar-refractivity contribution in [1.29, 1.82) is 0 Å². The van der Waals surface area contributed by atoms with Crippen LogP contribution in [-0.4, -0.2) is 66.4 Å². The normalized spacial score (nSPS) is 18.7. The molecule has 3 heterocycles. The number of nitrogens with two attached hydrogens (primary N) is 1. The lowest BCUT2D eigenvalue weighted by atomic mass is 9.73. The number of aliphatic hydroxyl groups is 1. The Labute approximate surface area is 220 Å². The number of nitrogens with one attached hydrogen (secondary N) is 2. The van der Waals surface area contributed by atoms with Crippen molar-refractivity contribution in [3.05, 3.63) is 34.1 Å². The first kappa shape index (κ1) is 28.3. The SMILES string of the molecule is CC(C)(C)S(C)(C)C.CC1=CSC(NC(=O)c2nn(CCO)c3c2C(C)(C)Cc2cnc(N)nc2-3)N1. The van der Waals surface area contributed by atoms with E-state index in [1.54, 1.807) is 10.9 Å². The molecule has 0 bridgehead atoms. The Morgan fingerprint density at radius 1 is 1.36 bits per heavy atom. The van der Waals surface area contributed by atoms with Crippen LogP contribution in [0.15, 0.2) is 17.3 Å². The van der Waals surface area contributed by atoms with Gasteiger partial charge in [-0.1, -0.05) is 46.4 Å². The van der Waals surface area contributed by atoms with Crippen LogP contribution in [0, 0.1) is 0 Å². The lowest BCUT2D eigenvalue weighted by Crippen LogP contribution is -2.41. The molecule has 9 nitrogen and oxygen atoms in total. The van der Waals surface area contributed by atoms with Gasteiger partial charge in [0.15, 0.2) is 11.2 Å². The zero-order valence-electron chi connectivity index (χ0n) is 22.9. The molecule has 2 aliphatic rings. The first-order valence-electron chi connectivity index (χ1n) is 12.0. The number of anilines is 1. The largest absolute Gasteiger partial charge is 0.394 e. The van der Waals surface area contributed by atoms with Crippen LogP contribution >= 0.6 is 21.8 Å². The van der Waals surface area contributed by atoms with Crippen LogP contribution in [0.1, 0.15) is 63.2 Å². The first-order chi connectivity index (χ1) is 16.5. The van der Waals surface area contributed by atoms with Gasteiger partial charge in [-0.15, -0.1) is 0 Å². The van der Waals surface area contributed by atoms with Gasteiger partial charge in [-0.25, -0.2) is 20.0 Å². The summed E-state index contributed by atoms with van der Waals surface area (Å²) in [5.41, 5.74) is 9.75. The highest BCUT2D eigenvalue weighted by atomic mass is 32.3. The fourth-order valence-corrected chi connectivity index (χ4v) is 4.62. The van der Waals surface area contributed by atoms with E-state index in [0.29, 0.717) is 22.6 Å². The molecule has 2 aromatic heterocycles. The molecule has 0 radical (unpaired) electrons. The number of allylic oxidation sites excluding steroid dienone is 1. The van der Waals surface area contributed by atoms with Crippen molar-refractivity contribution in [1.82, 2.24) is 30.4 Å². The highest BCUT2D eigenvalue weighted by Gasteiger charge is 2.40. The second kappa shape index (κ2) is 10.3. The average molecular weight is 536 g/mol. The molecule has 1 atom stereocenters. The van der Waals surface area contributed by atoms with Crippen molar-refractivity contribution in [2.24, 2.45) is 0 Å². The van der Waals surface area contributed by atoms with Gasteiger partial charge in [-0.3, -0.25) is 9.48 Å². The summed E-state index contributed by atoms with van der Waals surface area (Å²) in [6.07, 6.45) is 9.46. The summed E-state index contributed by atoms with van der Waals surface area (Å²) in [6, 6.07) is 0. The molecule has 0 spiro atoms. The molecule has 1 aliphatic carbocycles. The molecule has 2 aromatic rings. The van der Waals surface area contributed by atoms with Gasteiger partial charge in [0, 0.05) is 17.5 Å². The second-order valence-corrected chi connectivity index (χ2v) is 17.4. The quantitative estimate of drug-likeness (QED) is 0.468. The van der Waals surface area contributed by atoms with Gasteiger partial charge in [0.2, 0.25) is 5.95 Å². The zero-order chi connectivity index (χ0) is 27.1. The minimum atomic E-state index is -0.355. The number of fused-ring (bicyclic) bond motifs is 3. The lowest BCUT2D eigenvalue weighted by molar-refractivity contribution is 0.0938. The zero-order valence-corrected chi connectivity index (χ0v) is 24.5. The predicted octanol–water partition coefficient (Wildman–Crippen LogP) is 3.44. The van der Waals surface area contributed by atoms with Crippen molar-refractivity contribution >= 4 is 33.6 Å². The van der Waals surface area contributed by atoms with Gasteiger partial charge in [0.1, 0.15) is 0 Å². The molecule has 200 valence electrons. The predicted molar refractivity (Wildman–Crippen MR) is 152 cm³/mol. The average Bonchev–Trinajstić information content (AvgIpc) is 3.32. The number of rotatable bonds is 4. The Morgan fingerprint density at radius 2 is 2.00 bits per heavy atom. The lowest BCUT2D eigenvalue weighted by Gasteiger charge is -2.40. The van der Waals surface area contributed by atoms with E-state index >= 15 is 0 Å². The van der Waals surface area contributed by atoms with E-state index in [9.17, 15) is 9.90 Å². The molecule has 4 rings (SSSR count). The number of nitrogens with zero attached hydrogens (tertiary/aromatic N) is 4. The summed E-state index contributed by atoms with van der Waals surface area (Å²) in [5, 5.41) is 22.2. The third kappa shape index (κ3) is 6.00. The number of thioether (sulfide) groups is 1. The van der Waals surface area contributed by atoms with E-state index in [1.807, 2.05) is 12.3 Å². The summed E-state index contributed by atoms with van der Waals surface area (Å²) in [5.74, 6) is -0.0974. The van der Waals surface area contributed by atoms with Crippen molar-refractivity contribution < 1.29 is 9.90 Å². The molecular formula is C25H41N7O2S2. The first-order valence-corrected chi connectivity index (χ1v) is 15.8. The van der Waals surface area contributed by atoms with Gasteiger partial charge in [0.05, 0.1) is 24.5 Å². The van der Waals surface area contributed by atoms with Crippen LogP contribution in [0.25, 0.3) is 11.4 Å². The highest BCUT2D eigenvalue weighted by Crippen LogP contribution is 2.49. The molecule has 5 N–H and O–H groups in total. The minimum absolute atomic E-state index is 0.103. The molecular weight excluding hydrogens is 494 g/mol. The summed E-state index contributed by atoms with van der Waals surface area (Å²) in [4.78, 5) is 21.6. The van der Waals surface area contributed by atoms with Crippen LogP contribution in [0.3, 0.4) is 0 Å². The number of nitrogen functional groups attached to an aromatic ring is 1. The van der Waals surface area contributed by atoms with E-state index in [4.69, 9.17) is 5.73 Å². The third-order valence-electron chi connectivity index (χ3n) is 6.73. The molecule has 36 heavy (non-hydrogen) atoms. The van der Waals surface area contributed by atoms with E-state index in [2.05, 4.69) is 79.1 Å². The van der Waals surface area contributed by atoms with Crippen LogP contribution in [0.4, 0.5) is 5.95 Å². The maximum atomic E-state index is 13.1. The topological polar surface area (TPSA) is 131 Å². The van der Waals surface area contributed by atoms with Crippen LogP contribution in [0.5, 0.6) is 0 Å². The van der Waals surface area contributed by atoms with E-state index in [-0.39, 0.29) is 45.9 Å². The number of amides is 1. The molecule has 0 aromatic carbocycles. The third-order valence-corrected chi connectivity index (χ3v) is 11.4. The maximum absolute atomic E-state index is 13.1. The summed E-state index contributed by atoms with van der Waals surface area (Å²) in [7, 11) is -0.340. The summed E-state index contributed by atoms with van der Waals surface area (Å²) < 4.78 is 2.17. The Balaban J connectivity index is 0.000000392. The number of hydrogen-bond acceptors (Lipinski definition) is 8. The highest BCUT2D eigenvalue weighted by molar-refractivity contribution is 8.33. The van der Waals surface area contributed by atoms with E-state index < -0.39 is 0 Å². The number of carbonyl (C=O) groups is 1. The molecule has 1 unspecified atom stereocenters. The van der Waals surface area contributed by atoms with Crippen LogP contribution in [-0.2, 0) is 18.4 Å².